The van der Waals surface area contributed by atoms with Crippen molar-refractivity contribution in [2.75, 3.05) is 6.61 Å². The summed E-state index contributed by atoms with van der Waals surface area (Å²) in [5.41, 5.74) is 1.89. The van der Waals surface area contributed by atoms with E-state index < -0.39 is 0 Å². The Kier molecular flexibility index (Phi) is 6.76. The Bertz CT molecular complexity index is 873. The first kappa shape index (κ1) is 21.2. The molecule has 2 aromatic carbocycles. The zero-order chi connectivity index (χ0) is 18.9. The number of carbonyl (C=O) groups is 2. The second-order valence-electron chi connectivity index (χ2n) is 7.18. The average Bonchev–Trinajstić information content (AvgIpc) is 2.98. The molecular formula is C21H22NNaO4S. The quantitative estimate of drug-likeness (QED) is 0.772. The average molecular weight is 407 g/mol. The third kappa shape index (κ3) is 4.92. The van der Waals surface area contributed by atoms with Crippen molar-refractivity contribution in [1.29, 1.82) is 0 Å². The van der Waals surface area contributed by atoms with Crippen LogP contribution in [-0.2, 0) is 17.6 Å². The second-order valence-corrected chi connectivity index (χ2v) is 8.36. The van der Waals surface area contributed by atoms with Crippen LogP contribution in [0, 0.1) is 0 Å². The first-order valence-corrected chi connectivity index (χ1v) is 9.89. The number of benzene rings is 2. The van der Waals surface area contributed by atoms with Crippen LogP contribution < -0.4 is 14.8 Å². The Hall–Kier alpha value is -1.47. The maximum absolute atomic E-state index is 11.7. The number of thioether (sulfide) groups is 1. The summed E-state index contributed by atoms with van der Waals surface area (Å²) in [7, 11) is 0. The Morgan fingerprint density at radius 1 is 1.18 bits per heavy atom. The predicted octanol–water partition coefficient (Wildman–Crippen LogP) is 3.09. The van der Waals surface area contributed by atoms with E-state index in [4.69, 9.17) is 9.47 Å². The summed E-state index contributed by atoms with van der Waals surface area (Å²) in [5.74, 6) is 1.49. The van der Waals surface area contributed by atoms with Gasteiger partial charge < -0.3 is 9.47 Å². The molecule has 2 unspecified atom stereocenters. The van der Waals surface area contributed by atoms with Gasteiger partial charge in [-0.05, 0) is 55.5 Å². The Morgan fingerprint density at radius 2 is 1.93 bits per heavy atom. The van der Waals surface area contributed by atoms with Crippen molar-refractivity contribution in [2.24, 2.45) is 0 Å². The summed E-state index contributed by atoms with van der Waals surface area (Å²) in [6, 6.07) is 15.8. The van der Waals surface area contributed by atoms with Crippen molar-refractivity contribution in [3.05, 3.63) is 59.7 Å². The van der Waals surface area contributed by atoms with E-state index >= 15 is 0 Å². The monoisotopic (exact) mass is 407 g/mol. The predicted molar refractivity (Wildman–Crippen MR) is 112 cm³/mol. The van der Waals surface area contributed by atoms with Gasteiger partial charge in [-0.25, -0.2) is 0 Å². The number of nitrogens with one attached hydrogen (secondary N) is 1. The van der Waals surface area contributed by atoms with E-state index in [2.05, 4.69) is 18.3 Å². The molecule has 0 saturated carbocycles. The van der Waals surface area contributed by atoms with E-state index in [0.717, 1.165) is 41.7 Å². The Morgan fingerprint density at radius 3 is 2.64 bits per heavy atom. The Labute approximate surface area is 190 Å². The summed E-state index contributed by atoms with van der Waals surface area (Å²) in [6.07, 6.45) is 2.42. The molecule has 0 radical (unpaired) electrons. The molecule has 2 amide bonds. The van der Waals surface area contributed by atoms with Crippen LogP contribution in [-0.4, -0.2) is 58.2 Å². The number of hydrogen-bond acceptors (Lipinski definition) is 5. The number of rotatable bonds is 5. The van der Waals surface area contributed by atoms with Gasteiger partial charge in [0, 0.05) is 0 Å². The van der Waals surface area contributed by atoms with Crippen LogP contribution in [0.1, 0.15) is 24.5 Å². The van der Waals surface area contributed by atoms with Crippen molar-refractivity contribution in [1.82, 2.24) is 5.32 Å². The summed E-state index contributed by atoms with van der Waals surface area (Å²) >= 11 is 1.05. The van der Waals surface area contributed by atoms with Crippen LogP contribution in [0.3, 0.4) is 0 Å². The van der Waals surface area contributed by atoms with E-state index in [1.165, 1.54) is 5.56 Å². The molecule has 0 spiro atoms. The molecular weight excluding hydrogens is 385 g/mol. The Balaban J connectivity index is 0.00000225. The van der Waals surface area contributed by atoms with Crippen LogP contribution >= 0.6 is 11.8 Å². The van der Waals surface area contributed by atoms with Crippen LogP contribution in [0.4, 0.5) is 4.79 Å². The summed E-state index contributed by atoms with van der Waals surface area (Å²) < 4.78 is 12.1. The number of hydrogen-bond donors (Lipinski definition) is 1. The maximum atomic E-state index is 11.7. The summed E-state index contributed by atoms with van der Waals surface area (Å²) in [6.45, 7) is 2.54. The molecule has 5 nitrogen and oxygen atoms in total. The molecule has 1 fully saturated rings. The van der Waals surface area contributed by atoms with Gasteiger partial charge in [-0.2, -0.15) is 0 Å². The van der Waals surface area contributed by atoms with E-state index in [1.807, 2.05) is 42.5 Å². The molecule has 0 bridgehead atoms. The molecule has 0 aliphatic carbocycles. The van der Waals surface area contributed by atoms with Gasteiger partial charge in [-0.1, -0.05) is 42.1 Å². The van der Waals surface area contributed by atoms with E-state index in [9.17, 15) is 9.59 Å². The number of ether oxygens (including phenoxy) is 2. The molecule has 2 aliphatic rings. The fourth-order valence-corrected chi connectivity index (χ4v) is 4.19. The molecule has 7 heteroatoms. The van der Waals surface area contributed by atoms with Crippen molar-refractivity contribution in [2.45, 2.75) is 37.0 Å². The molecule has 2 aromatic rings. The van der Waals surface area contributed by atoms with Gasteiger partial charge in [0.25, 0.3) is 5.24 Å². The van der Waals surface area contributed by atoms with Gasteiger partial charge in [0.2, 0.25) is 5.91 Å². The molecule has 142 valence electrons. The molecule has 1 saturated heterocycles. The van der Waals surface area contributed by atoms with Crippen LogP contribution in [0.5, 0.6) is 11.5 Å². The van der Waals surface area contributed by atoms with Crippen molar-refractivity contribution in [3.8, 4) is 11.5 Å². The number of carbonyl (C=O) groups excluding carboxylic acids is 2. The van der Waals surface area contributed by atoms with Crippen LogP contribution in [0.2, 0.25) is 0 Å². The number of amides is 2. The number of aryl methyl sites for hydroxylation is 1. The SMILES string of the molecule is CC1(COc2ccc(CC3SC(=O)NC3=O)cc2)CCc2ccccc2O1.[NaH]. The minimum atomic E-state index is -0.355. The number of imide groups is 1. The van der Waals surface area contributed by atoms with Crippen LogP contribution in [0.25, 0.3) is 0 Å². The van der Waals surface area contributed by atoms with E-state index in [-0.39, 0.29) is 51.6 Å². The first-order valence-electron chi connectivity index (χ1n) is 9.01. The molecule has 2 heterocycles. The molecule has 28 heavy (non-hydrogen) atoms. The topological polar surface area (TPSA) is 64.6 Å². The fraction of sp³-hybridized carbons (Fsp3) is 0.333. The van der Waals surface area contributed by atoms with Gasteiger partial charge in [-0.15, -0.1) is 0 Å². The minimum absolute atomic E-state index is 0. The molecule has 1 N–H and O–H groups in total. The third-order valence-electron chi connectivity index (χ3n) is 4.91. The molecule has 0 aromatic heterocycles. The standard InChI is InChI=1S/C21H21NO4S.Na.H/c1-21(11-10-15-4-2-3-5-17(15)26-21)13-25-16-8-6-14(7-9-16)12-18-19(23)22-20(24)27-18;;/h2-9,18H,10-13H2,1H3,(H,22,23,24);;. The van der Waals surface area contributed by atoms with Gasteiger partial charge in [0.1, 0.15) is 23.7 Å². The van der Waals surface area contributed by atoms with Gasteiger partial charge in [-0.3, -0.25) is 14.9 Å². The summed E-state index contributed by atoms with van der Waals surface area (Å²) in [5, 5.41) is 1.69. The molecule has 4 rings (SSSR count). The molecule has 2 aliphatic heterocycles. The van der Waals surface area contributed by atoms with Gasteiger partial charge in [0.05, 0.1) is 5.25 Å². The van der Waals surface area contributed by atoms with E-state index in [1.54, 1.807) is 0 Å². The van der Waals surface area contributed by atoms with Gasteiger partial charge >= 0.3 is 29.6 Å². The van der Waals surface area contributed by atoms with Crippen molar-refractivity contribution in [3.63, 3.8) is 0 Å². The van der Waals surface area contributed by atoms with E-state index in [0.29, 0.717) is 13.0 Å². The third-order valence-corrected chi connectivity index (χ3v) is 5.89. The fourth-order valence-electron chi connectivity index (χ4n) is 3.33. The second kappa shape index (κ2) is 8.91. The van der Waals surface area contributed by atoms with Crippen LogP contribution in [0.15, 0.2) is 48.5 Å². The van der Waals surface area contributed by atoms with Crippen molar-refractivity contribution < 1.29 is 19.1 Å². The zero-order valence-corrected chi connectivity index (χ0v) is 15.9. The van der Waals surface area contributed by atoms with Gasteiger partial charge in [0.15, 0.2) is 0 Å². The number of para-hydroxylation sites is 1. The zero-order valence-electron chi connectivity index (χ0n) is 15.1. The first-order chi connectivity index (χ1) is 13.0. The van der Waals surface area contributed by atoms with Crippen molar-refractivity contribution >= 4 is 52.5 Å². The number of fused-ring (bicyclic) bond motifs is 1. The summed E-state index contributed by atoms with van der Waals surface area (Å²) in [4.78, 5) is 22.9. The molecule has 2 atom stereocenters. The normalized spacial score (nSPS) is 23.2.